The van der Waals surface area contributed by atoms with Crippen LogP contribution >= 0.6 is 0 Å². The molecule has 0 aromatic rings. The fraction of sp³-hybridized carbons (Fsp3) is 1.00. The van der Waals surface area contributed by atoms with Crippen LogP contribution in [0.3, 0.4) is 0 Å². The summed E-state index contributed by atoms with van der Waals surface area (Å²) >= 11 is 1.02. The van der Waals surface area contributed by atoms with E-state index >= 15 is 0 Å². The van der Waals surface area contributed by atoms with Gasteiger partial charge in [-0.2, -0.15) is 0 Å². The molecule has 0 bridgehead atoms. The molecule has 15 nitrogen and oxygen atoms in total. The fourth-order valence-electron chi connectivity index (χ4n) is 4.40. The second kappa shape index (κ2) is 13.6. The Morgan fingerprint density at radius 1 is 0.595 bits per heavy atom. The topological polar surface area (TPSA) is 237 Å². The summed E-state index contributed by atoms with van der Waals surface area (Å²) < 4.78 is 32.6. The zero-order chi connectivity index (χ0) is 27.6. The fourth-order valence-corrected chi connectivity index (χ4v) is 5.36. The van der Waals surface area contributed by atoms with Crippen LogP contribution in [0.5, 0.6) is 0 Å². The van der Waals surface area contributed by atoms with E-state index in [9.17, 15) is 46.0 Å². The summed E-state index contributed by atoms with van der Waals surface area (Å²) in [6, 6.07) is 0. The molecule has 0 aromatic carbocycles. The van der Waals surface area contributed by atoms with Crippen molar-refractivity contribution in [1.29, 1.82) is 0 Å². The van der Waals surface area contributed by atoms with Gasteiger partial charge in [0.1, 0.15) is 0 Å². The summed E-state index contributed by atoms with van der Waals surface area (Å²) in [7, 11) is 0. The van der Waals surface area contributed by atoms with Gasteiger partial charge in [-0.25, -0.2) is 0 Å². The van der Waals surface area contributed by atoms with Gasteiger partial charge in [-0.3, -0.25) is 0 Å². The van der Waals surface area contributed by atoms with E-state index in [0.717, 1.165) is 19.2 Å². The summed E-state index contributed by atoms with van der Waals surface area (Å²) in [5.74, 6) is 0. The Hall–Kier alpha value is 0.0623. The Morgan fingerprint density at radius 3 is 1.51 bits per heavy atom. The van der Waals surface area contributed by atoms with Crippen LogP contribution in [0.1, 0.15) is 13.8 Å². The summed E-state index contributed by atoms with van der Waals surface area (Å²) in [4.78, 5) is 0. The second-order valence-electron chi connectivity index (χ2n) is 9.45. The average Bonchev–Trinajstić information content (AvgIpc) is 2.87. The van der Waals surface area contributed by atoms with Crippen LogP contribution in [0.2, 0.25) is 4.39 Å². The molecule has 0 amide bonds. The molecule has 37 heavy (non-hydrogen) atoms. The van der Waals surface area contributed by atoms with Crippen molar-refractivity contribution in [2.75, 3.05) is 19.8 Å². The van der Waals surface area contributed by atoms with Gasteiger partial charge in [-0.1, -0.05) is 0 Å². The van der Waals surface area contributed by atoms with Crippen LogP contribution in [0.15, 0.2) is 0 Å². The Balaban J connectivity index is 1.71. The third kappa shape index (κ3) is 6.87. The van der Waals surface area contributed by atoms with E-state index in [0.29, 0.717) is 0 Å². The van der Waals surface area contributed by atoms with Gasteiger partial charge < -0.3 is 4.74 Å². The maximum atomic E-state index is 10.8. The molecule has 3 rings (SSSR count). The van der Waals surface area contributed by atoms with Crippen LogP contribution in [0.25, 0.3) is 0 Å². The van der Waals surface area contributed by atoms with Crippen molar-refractivity contribution in [2.45, 2.75) is 110 Å². The van der Waals surface area contributed by atoms with Gasteiger partial charge >= 0.3 is 199 Å². The van der Waals surface area contributed by atoms with Gasteiger partial charge in [0.2, 0.25) is 0 Å². The molecule has 0 radical (unpaired) electrons. The molecular formula is C21H37O15Re. The van der Waals surface area contributed by atoms with Crippen molar-refractivity contribution in [3.05, 3.63) is 0 Å². The van der Waals surface area contributed by atoms with Crippen molar-refractivity contribution in [3.63, 3.8) is 0 Å². The monoisotopic (exact) mass is 716 g/mol. The maximum absolute atomic E-state index is 10.8. The molecule has 9 N–H and O–H groups in total. The predicted octanol–water partition coefficient (Wildman–Crippen LogP) is -5.17. The molecule has 0 aliphatic carbocycles. The van der Waals surface area contributed by atoms with Gasteiger partial charge in [0.15, 0.2) is 0 Å². The predicted molar refractivity (Wildman–Crippen MR) is 113 cm³/mol. The standard InChI is InChI=1S/C21H37O15.Re/c1-7(2)31-20-16(29)15(28)19(11(6-24)33-20)36-21-17(30)14(27)18(10(5-23)34-21)35-12-3-8(25)13(26)9(4-22)32-12;/h3,7-30H,4-6H2,1-2H3;/t8-,9-,10-,11-,12?,13-,14-,15-,16-,17-,18-,19-,20-,21+;/m1./s1. The molecule has 0 aromatic heterocycles. The van der Waals surface area contributed by atoms with E-state index in [1.165, 1.54) is 0 Å². The van der Waals surface area contributed by atoms with Crippen LogP contribution in [-0.4, -0.2) is 158 Å². The van der Waals surface area contributed by atoms with Crippen molar-refractivity contribution in [3.8, 4) is 0 Å². The van der Waals surface area contributed by atoms with E-state index in [-0.39, 0.29) is 6.10 Å². The van der Waals surface area contributed by atoms with Gasteiger partial charge in [-0.15, -0.1) is 0 Å². The first kappa shape index (κ1) is 31.6. The second-order valence-corrected chi connectivity index (χ2v) is 11.3. The molecule has 0 saturated carbocycles. The molecule has 3 heterocycles. The number of ether oxygens (including phenoxy) is 6. The van der Waals surface area contributed by atoms with Crippen LogP contribution < -0.4 is 0 Å². The molecular weight excluding hydrogens is 678 g/mol. The van der Waals surface area contributed by atoms with Crippen LogP contribution in [-0.2, 0) is 47.6 Å². The average molecular weight is 716 g/mol. The Labute approximate surface area is 223 Å². The van der Waals surface area contributed by atoms with Crippen LogP contribution in [0.4, 0.5) is 0 Å². The van der Waals surface area contributed by atoms with Gasteiger partial charge in [0.05, 0.1) is 6.10 Å². The molecule has 3 saturated heterocycles. The zero-order valence-corrected chi connectivity index (χ0v) is 22.9. The number of hydrogen-bond acceptors (Lipinski definition) is 15. The molecule has 15 atom stereocenters. The van der Waals surface area contributed by atoms with Gasteiger partial charge in [0.25, 0.3) is 0 Å². The third-order valence-corrected chi connectivity index (χ3v) is 8.10. The van der Waals surface area contributed by atoms with E-state index in [1.54, 1.807) is 13.8 Å². The number of aliphatic hydroxyl groups is 9. The van der Waals surface area contributed by atoms with Crippen molar-refractivity contribution < 1.29 is 93.6 Å². The Kier molecular flexibility index (Phi) is 11.6. The van der Waals surface area contributed by atoms with Crippen molar-refractivity contribution in [1.82, 2.24) is 0 Å². The Morgan fingerprint density at radius 2 is 1.03 bits per heavy atom. The number of rotatable bonds is 9. The number of hydrogen-bond donors (Lipinski definition) is 9. The summed E-state index contributed by atoms with van der Waals surface area (Å²) in [5, 5.41) is 91.9. The molecule has 1 unspecified atom stereocenters. The molecule has 0 spiro atoms. The summed E-state index contributed by atoms with van der Waals surface area (Å²) in [6.45, 7) is 1.40. The van der Waals surface area contributed by atoms with Crippen molar-refractivity contribution in [2.24, 2.45) is 0 Å². The van der Waals surface area contributed by atoms with E-state index in [1.807, 2.05) is 0 Å². The first-order chi connectivity index (χ1) is 17.4. The Bertz CT molecular complexity index is 699. The molecule has 16 heteroatoms. The first-order valence-corrected chi connectivity index (χ1v) is 13.5. The third-order valence-electron chi connectivity index (χ3n) is 6.44. The van der Waals surface area contributed by atoms with E-state index in [4.69, 9.17) is 28.4 Å². The van der Waals surface area contributed by atoms with Gasteiger partial charge in [0, 0.05) is 0 Å². The molecule has 218 valence electrons. The minimum atomic E-state index is -1.80. The summed E-state index contributed by atoms with van der Waals surface area (Å²) in [6.07, 6.45) is -20.4. The molecule has 3 aliphatic rings. The first-order valence-electron chi connectivity index (χ1n) is 11.9. The summed E-state index contributed by atoms with van der Waals surface area (Å²) in [5.41, 5.74) is 0. The zero-order valence-electron chi connectivity index (χ0n) is 20.2. The molecule has 3 fully saturated rings. The van der Waals surface area contributed by atoms with Gasteiger partial charge in [-0.05, 0) is 13.8 Å². The SMILES string of the molecule is CC(C)O[C@@H]1O[C@H](CO)[C@@H](O[C@@H]2O[C@H](CO)[C@@H](OC3O[C@H](CO)[C@H](O)[C@H](O)[C@H]3[Re])[C@H](O)[C@H]2O)[C@H](O)[C@H]1O. The van der Waals surface area contributed by atoms with Crippen LogP contribution in [0, 0.1) is 0 Å². The van der Waals surface area contributed by atoms with E-state index in [2.05, 4.69) is 0 Å². The normalized spacial score (nSPS) is 49.4. The van der Waals surface area contributed by atoms with E-state index < -0.39 is 110 Å². The number of aliphatic hydroxyl groups excluding tert-OH is 9. The molecule has 3 aliphatic heterocycles. The van der Waals surface area contributed by atoms with Crippen molar-refractivity contribution >= 4 is 0 Å². The minimum absolute atomic E-state index is 0.362. The quantitative estimate of drug-likeness (QED) is 0.109.